The van der Waals surface area contributed by atoms with Crippen LogP contribution in [-0.2, 0) is 6.54 Å². The Morgan fingerprint density at radius 1 is 0.833 bits per heavy atom. The monoisotopic (exact) mass is 473 g/mol. The highest BCUT2D eigenvalue weighted by Crippen LogP contribution is 2.30. The Kier molecular flexibility index (Phi) is 6.16. The number of aromatic nitrogens is 2. The SMILES string of the molecule is C=Cc1ccc(-c2ccc3c(NCc4ccc(C(=O)O)cc4)nc(-c4ccc(O)cc4)nc3c2)cc1. The fourth-order valence-electron chi connectivity index (χ4n) is 3.95. The maximum atomic E-state index is 11.1. The van der Waals surface area contributed by atoms with Gasteiger partial charge in [0.25, 0.3) is 0 Å². The maximum absolute atomic E-state index is 11.1. The molecule has 0 saturated carbocycles. The van der Waals surface area contributed by atoms with Crippen LogP contribution < -0.4 is 5.32 Å². The summed E-state index contributed by atoms with van der Waals surface area (Å²) < 4.78 is 0. The van der Waals surface area contributed by atoms with E-state index in [-0.39, 0.29) is 11.3 Å². The number of carboxylic acid groups (broad SMARTS) is 1. The average molecular weight is 474 g/mol. The molecule has 6 nitrogen and oxygen atoms in total. The van der Waals surface area contributed by atoms with Gasteiger partial charge in [-0.3, -0.25) is 0 Å². The van der Waals surface area contributed by atoms with Crippen molar-refractivity contribution in [3.63, 3.8) is 0 Å². The van der Waals surface area contributed by atoms with E-state index < -0.39 is 5.97 Å². The molecule has 0 aliphatic carbocycles. The first-order valence-corrected chi connectivity index (χ1v) is 11.4. The highest BCUT2D eigenvalue weighted by molar-refractivity contribution is 5.93. The normalized spacial score (nSPS) is 10.8. The zero-order chi connectivity index (χ0) is 25.1. The summed E-state index contributed by atoms with van der Waals surface area (Å²) in [5, 5.41) is 23.1. The number of carbonyl (C=O) groups is 1. The van der Waals surface area contributed by atoms with Crippen molar-refractivity contribution < 1.29 is 15.0 Å². The fraction of sp³-hybridized carbons (Fsp3) is 0.0333. The summed E-state index contributed by atoms with van der Waals surface area (Å²) in [5.41, 5.74) is 5.89. The summed E-state index contributed by atoms with van der Waals surface area (Å²) in [4.78, 5) is 20.7. The second-order valence-corrected chi connectivity index (χ2v) is 8.36. The van der Waals surface area contributed by atoms with Crippen LogP contribution in [0.1, 0.15) is 21.5 Å². The van der Waals surface area contributed by atoms with Gasteiger partial charge < -0.3 is 15.5 Å². The van der Waals surface area contributed by atoms with Gasteiger partial charge in [0.2, 0.25) is 0 Å². The molecule has 0 aliphatic heterocycles. The lowest BCUT2D eigenvalue weighted by Crippen LogP contribution is -2.05. The number of nitrogens with zero attached hydrogens (tertiary/aromatic N) is 2. The number of rotatable bonds is 7. The number of hydrogen-bond donors (Lipinski definition) is 3. The standard InChI is InChI=1S/C30H23N3O3/c1-2-19-3-7-21(8-4-19)24-13-16-26-27(17-24)32-28(22-11-14-25(34)15-12-22)33-29(26)31-18-20-5-9-23(10-6-20)30(35)36/h2-17,34H,1,18H2,(H,35,36)(H,31,32,33). The molecule has 0 amide bonds. The van der Waals surface area contributed by atoms with Crippen molar-refractivity contribution in [2.75, 3.05) is 5.32 Å². The zero-order valence-corrected chi connectivity index (χ0v) is 19.3. The number of phenols is 1. The molecule has 36 heavy (non-hydrogen) atoms. The van der Waals surface area contributed by atoms with Crippen LogP contribution in [0.3, 0.4) is 0 Å². The fourth-order valence-corrected chi connectivity index (χ4v) is 3.95. The van der Waals surface area contributed by atoms with Crippen LogP contribution in [0, 0.1) is 0 Å². The van der Waals surface area contributed by atoms with E-state index in [0.29, 0.717) is 18.2 Å². The van der Waals surface area contributed by atoms with Gasteiger partial charge in [0, 0.05) is 17.5 Å². The van der Waals surface area contributed by atoms with Gasteiger partial charge in [0.05, 0.1) is 11.1 Å². The molecule has 5 rings (SSSR count). The van der Waals surface area contributed by atoms with E-state index in [1.165, 1.54) is 0 Å². The molecular weight excluding hydrogens is 450 g/mol. The minimum Gasteiger partial charge on any atom is -0.508 e. The number of fused-ring (bicyclic) bond motifs is 1. The van der Waals surface area contributed by atoms with Gasteiger partial charge in [0.1, 0.15) is 11.6 Å². The van der Waals surface area contributed by atoms with Crippen molar-refractivity contribution in [1.82, 2.24) is 9.97 Å². The van der Waals surface area contributed by atoms with E-state index in [0.717, 1.165) is 38.7 Å². The largest absolute Gasteiger partial charge is 0.508 e. The van der Waals surface area contributed by atoms with Crippen molar-refractivity contribution in [3.05, 3.63) is 114 Å². The summed E-state index contributed by atoms with van der Waals surface area (Å²) in [6, 6.07) is 27.8. The third kappa shape index (κ3) is 4.79. The average Bonchev–Trinajstić information content (AvgIpc) is 2.92. The first kappa shape index (κ1) is 22.8. The van der Waals surface area contributed by atoms with Crippen LogP contribution in [0.4, 0.5) is 5.82 Å². The molecule has 4 aromatic carbocycles. The molecule has 0 atom stereocenters. The third-order valence-electron chi connectivity index (χ3n) is 5.96. The van der Waals surface area contributed by atoms with Crippen molar-refractivity contribution in [3.8, 4) is 28.3 Å². The zero-order valence-electron chi connectivity index (χ0n) is 19.3. The van der Waals surface area contributed by atoms with Crippen molar-refractivity contribution in [2.45, 2.75) is 6.54 Å². The molecule has 176 valence electrons. The second-order valence-electron chi connectivity index (χ2n) is 8.36. The van der Waals surface area contributed by atoms with Crippen LogP contribution in [0.25, 0.3) is 39.5 Å². The van der Waals surface area contributed by atoms with Gasteiger partial charge >= 0.3 is 5.97 Å². The van der Waals surface area contributed by atoms with Gasteiger partial charge in [0.15, 0.2) is 5.82 Å². The summed E-state index contributed by atoms with van der Waals surface area (Å²) >= 11 is 0. The number of carboxylic acids is 1. The Hall–Kier alpha value is -4.97. The van der Waals surface area contributed by atoms with Gasteiger partial charge in [-0.05, 0) is 70.8 Å². The lowest BCUT2D eigenvalue weighted by atomic mass is 10.0. The minimum atomic E-state index is -0.954. The molecule has 1 heterocycles. The number of nitrogens with one attached hydrogen (secondary N) is 1. The summed E-state index contributed by atoms with van der Waals surface area (Å²) in [7, 11) is 0. The molecule has 1 aromatic heterocycles. The van der Waals surface area contributed by atoms with Crippen LogP contribution >= 0.6 is 0 Å². The molecule has 0 spiro atoms. The number of aromatic hydroxyl groups is 1. The topological polar surface area (TPSA) is 95.3 Å². The second kappa shape index (κ2) is 9.72. The Morgan fingerprint density at radius 2 is 1.50 bits per heavy atom. The molecular formula is C30H23N3O3. The van der Waals surface area contributed by atoms with E-state index in [9.17, 15) is 9.90 Å². The molecule has 0 saturated heterocycles. The van der Waals surface area contributed by atoms with Crippen LogP contribution in [0.15, 0.2) is 97.6 Å². The molecule has 0 bridgehead atoms. The molecule has 0 fully saturated rings. The summed E-state index contributed by atoms with van der Waals surface area (Å²) in [5.74, 6) is 0.419. The molecule has 0 radical (unpaired) electrons. The molecule has 3 N–H and O–H groups in total. The number of aromatic carboxylic acids is 1. The van der Waals surface area contributed by atoms with E-state index in [4.69, 9.17) is 15.1 Å². The first-order valence-electron chi connectivity index (χ1n) is 11.4. The van der Waals surface area contributed by atoms with E-state index in [1.54, 1.807) is 48.5 Å². The molecule has 5 aromatic rings. The lowest BCUT2D eigenvalue weighted by Gasteiger charge is -2.13. The van der Waals surface area contributed by atoms with Crippen LogP contribution in [-0.4, -0.2) is 26.2 Å². The van der Waals surface area contributed by atoms with Crippen molar-refractivity contribution >= 4 is 28.8 Å². The van der Waals surface area contributed by atoms with E-state index in [1.807, 2.05) is 36.4 Å². The highest BCUT2D eigenvalue weighted by atomic mass is 16.4. The Morgan fingerprint density at radius 3 is 2.17 bits per heavy atom. The Balaban J connectivity index is 1.55. The van der Waals surface area contributed by atoms with Gasteiger partial charge in [-0.1, -0.05) is 55.1 Å². The number of phenolic OH excluding ortho intramolecular Hbond substituents is 1. The maximum Gasteiger partial charge on any atom is 0.335 e. The minimum absolute atomic E-state index is 0.174. The summed E-state index contributed by atoms with van der Waals surface area (Å²) in [6.07, 6.45) is 1.81. The lowest BCUT2D eigenvalue weighted by molar-refractivity contribution is 0.0697. The number of benzene rings is 4. The predicted octanol–water partition coefficient (Wildman–Crippen LogP) is 6.62. The predicted molar refractivity (Wildman–Crippen MR) is 143 cm³/mol. The van der Waals surface area contributed by atoms with Gasteiger partial charge in [-0.2, -0.15) is 0 Å². The van der Waals surface area contributed by atoms with Crippen LogP contribution in [0.2, 0.25) is 0 Å². The summed E-state index contributed by atoms with van der Waals surface area (Å²) in [6.45, 7) is 4.28. The van der Waals surface area contributed by atoms with E-state index >= 15 is 0 Å². The Bertz CT molecular complexity index is 1560. The smallest absolute Gasteiger partial charge is 0.335 e. The highest BCUT2D eigenvalue weighted by Gasteiger charge is 2.12. The molecule has 0 unspecified atom stereocenters. The van der Waals surface area contributed by atoms with E-state index in [2.05, 4.69) is 24.0 Å². The third-order valence-corrected chi connectivity index (χ3v) is 5.96. The molecule has 0 aliphatic rings. The number of hydrogen-bond acceptors (Lipinski definition) is 5. The van der Waals surface area contributed by atoms with Gasteiger partial charge in [-0.25, -0.2) is 14.8 Å². The Labute approximate surface area is 208 Å². The quantitative estimate of drug-likeness (QED) is 0.246. The van der Waals surface area contributed by atoms with Crippen LogP contribution in [0.5, 0.6) is 5.75 Å². The van der Waals surface area contributed by atoms with Crippen molar-refractivity contribution in [2.24, 2.45) is 0 Å². The van der Waals surface area contributed by atoms with Gasteiger partial charge in [-0.15, -0.1) is 0 Å². The molecule has 6 heteroatoms. The first-order chi connectivity index (χ1) is 17.5. The van der Waals surface area contributed by atoms with Crippen molar-refractivity contribution in [1.29, 1.82) is 0 Å². The number of anilines is 1.